The molecular formula is C21H26N2O4. The zero-order valence-corrected chi connectivity index (χ0v) is 15.8. The summed E-state index contributed by atoms with van der Waals surface area (Å²) in [7, 11) is 0. The van der Waals surface area contributed by atoms with Crippen LogP contribution >= 0.6 is 0 Å². The van der Waals surface area contributed by atoms with E-state index in [1.165, 1.54) is 0 Å². The Balaban J connectivity index is 1.97. The molecule has 0 fully saturated rings. The van der Waals surface area contributed by atoms with Gasteiger partial charge in [0.05, 0.1) is 12.8 Å². The fourth-order valence-corrected chi connectivity index (χ4v) is 2.67. The zero-order chi connectivity index (χ0) is 19.6. The second-order valence-corrected chi connectivity index (χ2v) is 6.85. The van der Waals surface area contributed by atoms with E-state index in [9.17, 15) is 9.59 Å². The van der Waals surface area contributed by atoms with Crippen molar-refractivity contribution >= 4 is 11.9 Å². The van der Waals surface area contributed by atoms with Crippen molar-refractivity contribution in [3.8, 4) is 5.75 Å². The summed E-state index contributed by atoms with van der Waals surface area (Å²) in [5, 5.41) is 8.90. The van der Waals surface area contributed by atoms with Gasteiger partial charge < -0.3 is 14.7 Å². The molecule has 0 saturated heterocycles. The number of carboxylic acid groups (broad SMARTS) is 1. The lowest BCUT2D eigenvalue weighted by Gasteiger charge is -2.24. The summed E-state index contributed by atoms with van der Waals surface area (Å²) in [6, 6.07) is 11.2. The molecule has 1 aromatic heterocycles. The first kappa shape index (κ1) is 20.4. The van der Waals surface area contributed by atoms with E-state index < -0.39 is 5.97 Å². The van der Waals surface area contributed by atoms with Crippen molar-refractivity contribution in [2.75, 3.05) is 13.1 Å². The van der Waals surface area contributed by atoms with Gasteiger partial charge in [-0.25, -0.2) is 0 Å². The number of carboxylic acids is 1. The van der Waals surface area contributed by atoms with E-state index in [1.807, 2.05) is 50.2 Å². The smallest absolute Gasteiger partial charge is 0.305 e. The summed E-state index contributed by atoms with van der Waals surface area (Å²) in [6.07, 6.45) is 3.63. The first-order chi connectivity index (χ1) is 12.9. The maximum Gasteiger partial charge on any atom is 0.305 e. The van der Waals surface area contributed by atoms with Crippen LogP contribution in [-0.4, -0.2) is 40.0 Å². The van der Waals surface area contributed by atoms with E-state index >= 15 is 0 Å². The monoisotopic (exact) mass is 370 g/mol. The molecule has 0 bridgehead atoms. The number of carbonyl (C=O) groups is 2. The minimum Gasteiger partial charge on any atom is -0.489 e. The van der Waals surface area contributed by atoms with Gasteiger partial charge in [0.1, 0.15) is 12.4 Å². The Hall–Kier alpha value is -2.89. The van der Waals surface area contributed by atoms with E-state index in [-0.39, 0.29) is 31.2 Å². The normalized spacial score (nSPS) is 10.6. The molecule has 144 valence electrons. The summed E-state index contributed by atoms with van der Waals surface area (Å²) in [6.45, 7) is 5.19. The quantitative estimate of drug-likeness (QED) is 0.695. The molecule has 1 aromatic carbocycles. The van der Waals surface area contributed by atoms with Crippen LogP contribution in [0.2, 0.25) is 0 Å². The van der Waals surface area contributed by atoms with Crippen molar-refractivity contribution in [2.45, 2.75) is 33.3 Å². The molecule has 0 aliphatic carbocycles. The number of ether oxygens (including phenoxy) is 1. The molecule has 27 heavy (non-hydrogen) atoms. The van der Waals surface area contributed by atoms with Crippen LogP contribution in [0.15, 0.2) is 48.8 Å². The van der Waals surface area contributed by atoms with Crippen molar-refractivity contribution in [1.82, 2.24) is 9.88 Å². The Morgan fingerprint density at radius 2 is 1.96 bits per heavy atom. The Bertz CT molecular complexity index is 747. The van der Waals surface area contributed by atoms with Gasteiger partial charge in [0.25, 0.3) is 0 Å². The van der Waals surface area contributed by atoms with E-state index in [2.05, 4.69) is 4.98 Å². The average molecular weight is 370 g/mol. The summed E-state index contributed by atoms with van der Waals surface area (Å²) < 4.78 is 5.78. The van der Waals surface area contributed by atoms with Gasteiger partial charge in [-0.05, 0) is 29.7 Å². The SMILES string of the molecule is CC(C)CN(CCC(=O)O)C(=O)Cc1cccc(OCc2cccnc2)c1. The van der Waals surface area contributed by atoms with Gasteiger partial charge in [0.15, 0.2) is 0 Å². The minimum absolute atomic E-state index is 0.0489. The lowest BCUT2D eigenvalue weighted by atomic mass is 10.1. The number of amides is 1. The summed E-state index contributed by atoms with van der Waals surface area (Å²) >= 11 is 0. The predicted molar refractivity (Wildman–Crippen MR) is 102 cm³/mol. The van der Waals surface area contributed by atoms with E-state index in [1.54, 1.807) is 17.3 Å². The van der Waals surface area contributed by atoms with Crippen LogP contribution in [0.25, 0.3) is 0 Å². The van der Waals surface area contributed by atoms with Gasteiger partial charge >= 0.3 is 5.97 Å². The molecule has 2 aromatic rings. The van der Waals surface area contributed by atoms with Gasteiger partial charge in [-0.15, -0.1) is 0 Å². The molecule has 1 heterocycles. The van der Waals surface area contributed by atoms with E-state index in [0.717, 1.165) is 11.1 Å². The molecule has 6 heteroatoms. The third-order valence-corrected chi connectivity index (χ3v) is 3.92. The largest absolute Gasteiger partial charge is 0.489 e. The lowest BCUT2D eigenvalue weighted by Crippen LogP contribution is -2.37. The molecular weight excluding hydrogens is 344 g/mol. The second kappa shape index (κ2) is 10.3. The van der Waals surface area contributed by atoms with E-state index in [0.29, 0.717) is 18.9 Å². The third-order valence-electron chi connectivity index (χ3n) is 3.92. The number of pyridine rings is 1. The van der Waals surface area contributed by atoms with Gasteiger partial charge in [-0.2, -0.15) is 0 Å². The Morgan fingerprint density at radius 3 is 2.63 bits per heavy atom. The maximum atomic E-state index is 12.6. The van der Waals surface area contributed by atoms with Crippen molar-refractivity contribution in [2.24, 2.45) is 5.92 Å². The van der Waals surface area contributed by atoms with Crippen molar-refractivity contribution in [3.05, 3.63) is 59.9 Å². The molecule has 0 saturated carbocycles. The number of hydrogen-bond acceptors (Lipinski definition) is 4. The number of aromatic nitrogens is 1. The van der Waals surface area contributed by atoms with Crippen molar-refractivity contribution in [1.29, 1.82) is 0 Å². The third kappa shape index (κ3) is 7.48. The molecule has 0 spiro atoms. The average Bonchev–Trinajstić information content (AvgIpc) is 2.64. The minimum atomic E-state index is -0.901. The molecule has 0 unspecified atom stereocenters. The van der Waals surface area contributed by atoms with Crippen LogP contribution in [0.3, 0.4) is 0 Å². The Morgan fingerprint density at radius 1 is 1.19 bits per heavy atom. The predicted octanol–water partition coefficient (Wildman–Crippen LogP) is 3.16. The fraction of sp³-hybridized carbons (Fsp3) is 0.381. The first-order valence-corrected chi connectivity index (χ1v) is 9.04. The Labute approximate surface area is 159 Å². The van der Waals surface area contributed by atoms with Crippen LogP contribution < -0.4 is 4.74 Å². The lowest BCUT2D eigenvalue weighted by molar-refractivity contribution is -0.138. The first-order valence-electron chi connectivity index (χ1n) is 9.04. The zero-order valence-electron chi connectivity index (χ0n) is 15.8. The summed E-state index contributed by atoms with van der Waals surface area (Å²) in [4.78, 5) is 29.2. The molecule has 0 radical (unpaired) electrons. The van der Waals surface area contributed by atoms with Crippen molar-refractivity contribution < 1.29 is 19.4 Å². The van der Waals surface area contributed by atoms with Crippen molar-refractivity contribution in [3.63, 3.8) is 0 Å². The standard InChI is InChI=1S/C21H26N2O4/c1-16(2)14-23(10-8-21(25)26)20(24)12-17-5-3-7-19(11-17)27-15-18-6-4-9-22-13-18/h3-7,9,11,13,16H,8,10,12,14-15H2,1-2H3,(H,25,26). The maximum absolute atomic E-state index is 12.6. The summed E-state index contributed by atoms with van der Waals surface area (Å²) in [5.41, 5.74) is 1.81. The Kier molecular flexibility index (Phi) is 7.79. The highest BCUT2D eigenvalue weighted by Gasteiger charge is 2.17. The molecule has 0 aliphatic heterocycles. The highest BCUT2D eigenvalue weighted by Crippen LogP contribution is 2.16. The van der Waals surface area contributed by atoms with Gasteiger partial charge in [-0.3, -0.25) is 14.6 Å². The molecule has 0 aliphatic rings. The molecule has 1 amide bonds. The van der Waals surface area contributed by atoms with Crippen LogP contribution in [0, 0.1) is 5.92 Å². The molecule has 6 nitrogen and oxygen atoms in total. The molecule has 0 atom stereocenters. The fourth-order valence-electron chi connectivity index (χ4n) is 2.67. The van der Waals surface area contributed by atoms with Crippen LogP contribution in [-0.2, 0) is 22.6 Å². The van der Waals surface area contributed by atoms with Crippen LogP contribution in [0.5, 0.6) is 5.75 Å². The highest BCUT2D eigenvalue weighted by atomic mass is 16.5. The number of benzene rings is 1. The molecule has 1 N–H and O–H groups in total. The highest BCUT2D eigenvalue weighted by molar-refractivity contribution is 5.79. The van der Waals surface area contributed by atoms with Crippen LogP contribution in [0.1, 0.15) is 31.4 Å². The van der Waals surface area contributed by atoms with Crippen LogP contribution in [0.4, 0.5) is 0 Å². The number of carbonyl (C=O) groups excluding carboxylic acids is 1. The number of hydrogen-bond donors (Lipinski definition) is 1. The van der Waals surface area contributed by atoms with E-state index in [4.69, 9.17) is 9.84 Å². The number of rotatable bonds is 10. The summed E-state index contributed by atoms with van der Waals surface area (Å²) in [5.74, 6) is -0.0151. The number of nitrogens with zero attached hydrogens (tertiary/aromatic N) is 2. The number of aliphatic carboxylic acids is 1. The second-order valence-electron chi connectivity index (χ2n) is 6.85. The van der Waals surface area contributed by atoms with Gasteiger partial charge in [0, 0.05) is 31.0 Å². The van der Waals surface area contributed by atoms with Gasteiger partial charge in [-0.1, -0.05) is 32.0 Å². The van der Waals surface area contributed by atoms with Gasteiger partial charge in [0.2, 0.25) is 5.91 Å². The topological polar surface area (TPSA) is 79.7 Å². The molecule has 2 rings (SSSR count).